The molecule has 0 atom stereocenters. The van der Waals surface area contributed by atoms with Crippen LogP contribution < -0.4 is 14.2 Å². The molecule has 0 spiro atoms. The second kappa shape index (κ2) is 9.85. The van der Waals surface area contributed by atoms with Gasteiger partial charge in [0, 0.05) is 0 Å². The van der Waals surface area contributed by atoms with E-state index in [0.29, 0.717) is 19.8 Å². The highest BCUT2D eigenvalue weighted by Crippen LogP contribution is 2.26. The molecule has 0 saturated carbocycles. The largest absolute Gasteiger partial charge is 0.497 e. The molecule has 5 heteroatoms. The summed E-state index contributed by atoms with van der Waals surface area (Å²) >= 11 is 0. The molecule has 0 radical (unpaired) electrons. The van der Waals surface area contributed by atoms with Crippen LogP contribution in [-0.4, -0.2) is 29.9 Å². The first-order chi connectivity index (χ1) is 15.3. The van der Waals surface area contributed by atoms with Gasteiger partial charge in [-0.15, -0.1) is 0 Å². The second-order valence-corrected chi connectivity index (χ2v) is 6.95. The minimum atomic E-state index is 0.508. The first-order valence-corrected chi connectivity index (χ1v) is 10.4. The lowest BCUT2D eigenvalue weighted by Crippen LogP contribution is -2.10. The molecule has 0 aliphatic heterocycles. The van der Waals surface area contributed by atoms with Crippen molar-refractivity contribution in [1.82, 2.24) is 9.55 Å². The fraction of sp³-hybridized carbons (Fsp3) is 0.192. The van der Waals surface area contributed by atoms with Crippen molar-refractivity contribution >= 4 is 23.2 Å². The maximum atomic E-state index is 6.04. The number of rotatable bonds is 9. The molecule has 1 heterocycles. The SMILES string of the molecule is CCOc1ccccc1OCCn1c(/C=C/c2ccc(OC)cc2)nc2ccccc21. The number of nitrogens with zero attached hydrogens (tertiary/aromatic N) is 2. The molecule has 5 nitrogen and oxygen atoms in total. The lowest BCUT2D eigenvalue weighted by atomic mass is 10.2. The van der Waals surface area contributed by atoms with Crippen LogP contribution in [0.3, 0.4) is 0 Å². The van der Waals surface area contributed by atoms with Gasteiger partial charge in [0.2, 0.25) is 0 Å². The predicted octanol–water partition coefficient (Wildman–Crippen LogP) is 5.69. The molecule has 0 fully saturated rings. The third-order valence-electron chi connectivity index (χ3n) is 4.95. The first-order valence-electron chi connectivity index (χ1n) is 10.4. The van der Waals surface area contributed by atoms with Gasteiger partial charge >= 0.3 is 0 Å². The minimum absolute atomic E-state index is 0.508. The van der Waals surface area contributed by atoms with E-state index < -0.39 is 0 Å². The Morgan fingerprint density at radius 2 is 1.55 bits per heavy atom. The van der Waals surface area contributed by atoms with Crippen LogP contribution in [0, 0.1) is 0 Å². The lowest BCUT2D eigenvalue weighted by molar-refractivity contribution is 0.267. The van der Waals surface area contributed by atoms with Crippen LogP contribution in [-0.2, 0) is 6.54 Å². The van der Waals surface area contributed by atoms with Gasteiger partial charge < -0.3 is 18.8 Å². The number of hydrogen-bond donors (Lipinski definition) is 0. The fourth-order valence-electron chi connectivity index (χ4n) is 3.43. The summed E-state index contributed by atoms with van der Waals surface area (Å²) in [4.78, 5) is 4.81. The van der Waals surface area contributed by atoms with Crippen molar-refractivity contribution in [2.75, 3.05) is 20.3 Å². The summed E-state index contributed by atoms with van der Waals surface area (Å²) < 4.78 is 19.1. The standard InChI is InChI=1S/C26H26N2O3/c1-3-30-24-10-6-7-11-25(24)31-19-18-28-23-9-5-4-8-22(23)27-26(28)17-14-20-12-15-21(29-2)16-13-20/h4-17H,3,18-19H2,1-2H3/b17-14+. The lowest BCUT2D eigenvalue weighted by Gasteiger charge is -2.13. The van der Waals surface area contributed by atoms with Gasteiger partial charge in [0.15, 0.2) is 11.5 Å². The Kier molecular flexibility index (Phi) is 6.53. The zero-order valence-corrected chi connectivity index (χ0v) is 17.8. The molecule has 0 N–H and O–H groups in total. The Hall–Kier alpha value is -3.73. The molecular formula is C26H26N2O3. The zero-order chi connectivity index (χ0) is 21.5. The topological polar surface area (TPSA) is 45.5 Å². The van der Waals surface area contributed by atoms with Crippen molar-refractivity contribution in [2.24, 2.45) is 0 Å². The van der Waals surface area contributed by atoms with E-state index >= 15 is 0 Å². The van der Waals surface area contributed by atoms with Gasteiger partial charge in [-0.05, 0) is 55.0 Å². The Balaban J connectivity index is 1.54. The molecule has 0 aliphatic rings. The van der Waals surface area contributed by atoms with Crippen LogP contribution in [0.25, 0.3) is 23.2 Å². The van der Waals surface area contributed by atoms with E-state index in [1.54, 1.807) is 7.11 Å². The number of imidazole rings is 1. The van der Waals surface area contributed by atoms with Crippen LogP contribution in [0.15, 0.2) is 72.8 Å². The minimum Gasteiger partial charge on any atom is -0.497 e. The number of ether oxygens (including phenoxy) is 3. The number of para-hydroxylation sites is 4. The maximum Gasteiger partial charge on any atom is 0.161 e. The normalized spacial score (nSPS) is 11.2. The van der Waals surface area contributed by atoms with E-state index in [4.69, 9.17) is 19.2 Å². The molecular weight excluding hydrogens is 388 g/mol. The van der Waals surface area contributed by atoms with Crippen molar-refractivity contribution in [3.63, 3.8) is 0 Å². The van der Waals surface area contributed by atoms with E-state index in [2.05, 4.69) is 16.7 Å². The molecule has 0 bridgehead atoms. The zero-order valence-electron chi connectivity index (χ0n) is 17.8. The van der Waals surface area contributed by atoms with Gasteiger partial charge in [0.25, 0.3) is 0 Å². The van der Waals surface area contributed by atoms with Crippen molar-refractivity contribution in [1.29, 1.82) is 0 Å². The monoisotopic (exact) mass is 414 g/mol. The average Bonchev–Trinajstić information content (AvgIpc) is 3.17. The summed E-state index contributed by atoms with van der Waals surface area (Å²) in [6, 6.07) is 23.9. The molecule has 0 amide bonds. The molecule has 31 heavy (non-hydrogen) atoms. The molecule has 4 aromatic rings. The number of fused-ring (bicyclic) bond motifs is 1. The van der Waals surface area contributed by atoms with Gasteiger partial charge in [-0.1, -0.05) is 42.5 Å². The summed E-state index contributed by atoms with van der Waals surface area (Å²) in [5.74, 6) is 3.25. The van der Waals surface area contributed by atoms with Gasteiger partial charge in [0.05, 0.1) is 31.3 Å². The molecule has 158 valence electrons. The molecule has 0 aliphatic carbocycles. The van der Waals surface area contributed by atoms with Crippen LogP contribution in [0.5, 0.6) is 17.2 Å². The number of methoxy groups -OCH3 is 1. The van der Waals surface area contributed by atoms with Gasteiger partial charge in [0.1, 0.15) is 18.2 Å². The average molecular weight is 415 g/mol. The third kappa shape index (κ3) is 4.89. The second-order valence-electron chi connectivity index (χ2n) is 6.95. The quantitative estimate of drug-likeness (QED) is 0.353. The molecule has 1 aromatic heterocycles. The van der Waals surface area contributed by atoms with Gasteiger partial charge in [-0.25, -0.2) is 4.98 Å². The Bertz CT molecular complexity index is 1160. The van der Waals surface area contributed by atoms with Crippen molar-refractivity contribution in [3.05, 3.63) is 84.2 Å². The Labute approximate surface area is 182 Å². The third-order valence-corrected chi connectivity index (χ3v) is 4.95. The highest BCUT2D eigenvalue weighted by atomic mass is 16.5. The van der Waals surface area contributed by atoms with Crippen LogP contribution in [0.1, 0.15) is 18.3 Å². The van der Waals surface area contributed by atoms with Gasteiger partial charge in [-0.2, -0.15) is 0 Å². The summed E-state index contributed by atoms with van der Waals surface area (Å²) in [5, 5.41) is 0. The fourth-order valence-corrected chi connectivity index (χ4v) is 3.43. The summed E-state index contributed by atoms with van der Waals surface area (Å²) in [7, 11) is 1.67. The molecule has 3 aromatic carbocycles. The number of benzene rings is 3. The summed E-state index contributed by atoms with van der Waals surface area (Å²) in [5.41, 5.74) is 3.13. The molecule has 0 saturated heterocycles. The summed E-state index contributed by atoms with van der Waals surface area (Å²) in [6.07, 6.45) is 4.10. The van der Waals surface area contributed by atoms with Crippen molar-refractivity contribution in [3.8, 4) is 17.2 Å². The van der Waals surface area contributed by atoms with E-state index in [1.165, 1.54) is 0 Å². The molecule has 0 unspecified atom stereocenters. The Morgan fingerprint density at radius 1 is 0.839 bits per heavy atom. The predicted molar refractivity (Wildman–Crippen MR) is 125 cm³/mol. The Morgan fingerprint density at radius 3 is 2.29 bits per heavy atom. The maximum absolute atomic E-state index is 6.04. The van der Waals surface area contributed by atoms with Crippen molar-refractivity contribution < 1.29 is 14.2 Å². The highest BCUT2D eigenvalue weighted by Gasteiger charge is 2.09. The van der Waals surface area contributed by atoms with E-state index in [0.717, 1.165) is 39.7 Å². The van der Waals surface area contributed by atoms with E-state index in [9.17, 15) is 0 Å². The van der Waals surface area contributed by atoms with Crippen molar-refractivity contribution in [2.45, 2.75) is 13.5 Å². The summed E-state index contributed by atoms with van der Waals surface area (Å²) in [6.45, 7) is 3.75. The number of aromatic nitrogens is 2. The molecule has 4 rings (SSSR count). The first kappa shape index (κ1) is 20.5. The van der Waals surface area contributed by atoms with Crippen LogP contribution in [0.2, 0.25) is 0 Å². The van der Waals surface area contributed by atoms with Gasteiger partial charge in [-0.3, -0.25) is 0 Å². The highest BCUT2D eigenvalue weighted by molar-refractivity contribution is 5.79. The van der Waals surface area contributed by atoms with E-state index in [-0.39, 0.29) is 0 Å². The number of hydrogen-bond acceptors (Lipinski definition) is 4. The van der Waals surface area contributed by atoms with E-state index in [1.807, 2.05) is 79.7 Å². The van der Waals surface area contributed by atoms with Crippen LogP contribution >= 0.6 is 0 Å². The smallest absolute Gasteiger partial charge is 0.161 e. The van der Waals surface area contributed by atoms with Crippen LogP contribution in [0.4, 0.5) is 0 Å².